The van der Waals surface area contributed by atoms with Crippen LogP contribution in [-0.2, 0) is 13.1 Å². The summed E-state index contributed by atoms with van der Waals surface area (Å²) in [7, 11) is 0. The lowest BCUT2D eigenvalue weighted by Crippen LogP contribution is -2.06. The van der Waals surface area contributed by atoms with E-state index in [9.17, 15) is 10.1 Å². The van der Waals surface area contributed by atoms with E-state index in [0.29, 0.717) is 12.1 Å². The minimum absolute atomic E-state index is 0.133. The third-order valence-corrected chi connectivity index (χ3v) is 3.02. The van der Waals surface area contributed by atoms with Crippen LogP contribution in [0.4, 0.5) is 11.4 Å². The van der Waals surface area contributed by atoms with Crippen molar-refractivity contribution in [2.24, 2.45) is 0 Å². The number of anilines is 1. The summed E-state index contributed by atoms with van der Waals surface area (Å²) < 4.78 is 2.02. The summed E-state index contributed by atoms with van der Waals surface area (Å²) in [5, 5.41) is 14.0. The Balaban J connectivity index is 2.12. The number of hydrogen-bond acceptors (Lipinski definition) is 4. The molecule has 0 aliphatic carbocycles. The maximum atomic E-state index is 10.9. The van der Waals surface area contributed by atoms with Gasteiger partial charge in [0.05, 0.1) is 23.5 Å². The number of benzene rings is 1. The number of aromatic nitrogens is 2. The van der Waals surface area contributed by atoms with Crippen LogP contribution in [-0.4, -0.2) is 14.5 Å². The van der Waals surface area contributed by atoms with Gasteiger partial charge in [0.25, 0.3) is 5.69 Å². The average molecular weight is 260 g/mol. The molecule has 19 heavy (non-hydrogen) atoms. The summed E-state index contributed by atoms with van der Waals surface area (Å²) in [6, 6.07) is 5.15. The molecule has 1 aromatic carbocycles. The van der Waals surface area contributed by atoms with E-state index >= 15 is 0 Å². The van der Waals surface area contributed by atoms with Crippen molar-refractivity contribution in [2.45, 2.75) is 26.9 Å². The highest BCUT2D eigenvalue weighted by Gasteiger charge is 2.11. The number of nitro groups is 1. The molecule has 0 aliphatic rings. The maximum absolute atomic E-state index is 10.9. The summed E-state index contributed by atoms with van der Waals surface area (Å²) in [5.74, 6) is 0. The SMILES string of the molecule is CCn1cncc1CNc1ccc(C)c([N+](=O)[O-])c1. The highest BCUT2D eigenvalue weighted by Crippen LogP contribution is 2.22. The van der Waals surface area contributed by atoms with Crippen molar-refractivity contribution in [3.05, 3.63) is 52.1 Å². The van der Waals surface area contributed by atoms with Gasteiger partial charge in [0.1, 0.15) is 0 Å². The Morgan fingerprint density at radius 3 is 2.95 bits per heavy atom. The highest BCUT2D eigenvalue weighted by atomic mass is 16.6. The zero-order valence-corrected chi connectivity index (χ0v) is 11.0. The van der Waals surface area contributed by atoms with Crippen molar-refractivity contribution in [1.29, 1.82) is 0 Å². The van der Waals surface area contributed by atoms with Crippen LogP contribution in [0, 0.1) is 17.0 Å². The molecule has 0 aliphatic heterocycles. The first-order chi connectivity index (χ1) is 9.11. The van der Waals surface area contributed by atoms with Gasteiger partial charge in [-0.15, -0.1) is 0 Å². The normalized spacial score (nSPS) is 10.4. The number of nitrogens with one attached hydrogen (secondary N) is 1. The molecule has 0 unspecified atom stereocenters. The van der Waals surface area contributed by atoms with Gasteiger partial charge < -0.3 is 9.88 Å². The number of imidazole rings is 1. The highest BCUT2D eigenvalue weighted by molar-refractivity contribution is 5.54. The van der Waals surface area contributed by atoms with Crippen LogP contribution in [0.15, 0.2) is 30.7 Å². The lowest BCUT2D eigenvalue weighted by atomic mass is 10.2. The third kappa shape index (κ3) is 2.90. The lowest BCUT2D eigenvalue weighted by Gasteiger charge is -2.08. The molecule has 0 bridgehead atoms. The second-order valence-electron chi connectivity index (χ2n) is 4.28. The van der Waals surface area contributed by atoms with E-state index in [-0.39, 0.29) is 10.6 Å². The molecule has 1 N–H and O–H groups in total. The predicted octanol–water partition coefficient (Wildman–Crippen LogP) is 2.73. The molecule has 2 aromatic rings. The van der Waals surface area contributed by atoms with Gasteiger partial charge in [-0.05, 0) is 19.9 Å². The minimum Gasteiger partial charge on any atom is -0.379 e. The molecule has 2 rings (SSSR count). The third-order valence-electron chi connectivity index (χ3n) is 3.02. The first-order valence-corrected chi connectivity index (χ1v) is 6.09. The first-order valence-electron chi connectivity index (χ1n) is 6.09. The van der Waals surface area contributed by atoms with Gasteiger partial charge in [-0.25, -0.2) is 4.98 Å². The molecule has 1 heterocycles. The molecule has 0 saturated heterocycles. The van der Waals surface area contributed by atoms with Crippen molar-refractivity contribution in [3.63, 3.8) is 0 Å². The Hall–Kier alpha value is -2.37. The predicted molar refractivity (Wildman–Crippen MR) is 73.1 cm³/mol. The second-order valence-corrected chi connectivity index (χ2v) is 4.28. The summed E-state index contributed by atoms with van der Waals surface area (Å²) in [6.45, 7) is 5.22. The van der Waals surface area contributed by atoms with Gasteiger partial charge in [-0.3, -0.25) is 10.1 Å². The van der Waals surface area contributed by atoms with Crippen LogP contribution in [0.25, 0.3) is 0 Å². The minimum atomic E-state index is -0.364. The summed E-state index contributed by atoms with van der Waals surface area (Å²) in [4.78, 5) is 14.6. The van der Waals surface area contributed by atoms with Crippen LogP contribution >= 0.6 is 0 Å². The summed E-state index contributed by atoms with van der Waals surface area (Å²) in [6.07, 6.45) is 3.56. The van der Waals surface area contributed by atoms with Gasteiger partial charge in [0.2, 0.25) is 0 Å². The molecule has 0 radical (unpaired) electrons. The molecule has 6 nitrogen and oxygen atoms in total. The Labute approximate surface area is 111 Å². The zero-order valence-electron chi connectivity index (χ0n) is 11.0. The van der Waals surface area contributed by atoms with Crippen LogP contribution in [0.1, 0.15) is 18.2 Å². The largest absolute Gasteiger partial charge is 0.379 e. The fourth-order valence-corrected chi connectivity index (χ4v) is 1.89. The topological polar surface area (TPSA) is 73.0 Å². The smallest absolute Gasteiger partial charge is 0.274 e. The van der Waals surface area contributed by atoms with E-state index < -0.39 is 0 Å². The molecule has 0 saturated carbocycles. The monoisotopic (exact) mass is 260 g/mol. The van der Waals surface area contributed by atoms with Crippen molar-refractivity contribution < 1.29 is 4.92 Å². The van der Waals surface area contributed by atoms with E-state index in [1.165, 1.54) is 0 Å². The fourth-order valence-electron chi connectivity index (χ4n) is 1.89. The van der Waals surface area contributed by atoms with E-state index in [1.807, 2.05) is 17.6 Å². The van der Waals surface area contributed by atoms with E-state index in [1.54, 1.807) is 31.6 Å². The van der Waals surface area contributed by atoms with Crippen LogP contribution in [0.3, 0.4) is 0 Å². The van der Waals surface area contributed by atoms with Crippen molar-refractivity contribution in [2.75, 3.05) is 5.32 Å². The number of rotatable bonds is 5. The molecule has 0 amide bonds. The van der Waals surface area contributed by atoms with Crippen molar-refractivity contribution in [1.82, 2.24) is 9.55 Å². The summed E-state index contributed by atoms with van der Waals surface area (Å²) in [5.41, 5.74) is 2.58. The molecule has 1 aromatic heterocycles. The molecule has 0 fully saturated rings. The molecular formula is C13H16N4O2. The van der Waals surface area contributed by atoms with Crippen molar-refractivity contribution >= 4 is 11.4 Å². The Morgan fingerprint density at radius 1 is 1.47 bits per heavy atom. The Morgan fingerprint density at radius 2 is 2.26 bits per heavy atom. The van der Waals surface area contributed by atoms with E-state index in [0.717, 1.165) is 17.9 Å². The Kier molecular flexibility index (Phi) is 3.79. The first kappa shape index (κ1) is 13.1. The fraction of sp³-hybridized carbons (Fsp3) is 0.308. The van der Waals surface area contributed by atoms with Gasteiger partial charge in [-0.2, -0.15) is 0 Å². The molecule has 0 atom stereocenters. The number of nitro benzene ring substituents is 1. The molecular weight excluding hydrogens is 244 g/mol. The van der Waals surface area contributed by atoms with Gasteiger partial charge >= 0.3 is 0 Å². The standard InChI is InChI=1S/C13H16N4O2/c1-3-16-9-14-7-12(16)8-15-11-5-4-10(2)13(6-11)17(18)19/h4-7,9,15H,3,8H2,1-2H3. The number of hydrogen-bond donors (Lipinski definition) is 1. The van der Waals surface area contributed by atoms with Crippen LogP contribution in [0.2, 0.25) is 0 Å². The molecule has 100 valence electrons. The molecule has 6 heteroatoms. The number of nitrogens with zero attached hydrogens (tertiary/aromatic N) is 3. The van der Waals surface area contributed by atoms with E-state index in [4.69, 9.17) is 0 Å². The zero-order chi connectivity index (χ0) is 13.8. The second kappa shape index (κ2) is 5.51. The quantitative estimate of drug-likeness (QED) is 0.662. The van der Waals surface area contributed by atoms with Crippen LogP contribution < -0.4 is 5.32 Å². The maximum Gasteiger partial charge on any atom is 0.274 e. The lowest BCUT2D eigenvalue weighted by molar-refractivity contribution is -0.385. The molecule has 0 spiro atoms. The Bertz CT molecular complexity index is 592. The van der Waals surface area contributed by atoms with Gasteiger partial charge in [0.15, 0.2) is 0 Å². The van der Waals surface area contributed by atoms with Crippen LogP contribution in [0.5, 0.6) is 0 Å². The van der Waals surface area contributed by atoms with Gasteiger partial charge in [-0.1, -0.05) is 6.07 Å². The van der Waals surface area contributed by atoms with Crippen molar-refractivity contribution in [3.8, 4) is 0 Å². The number of aryl methyl sites for hydroxylation is 2. The van der Waals surface area contributed by atoms with Gasteiger partial charge in [0, 0.05) is 30.1 Å². The van der Waals surface area contributed by atoms with E-state index in [2.05, 4.69) is 10.3 Å². The summed E-state index contributed by atoms with van der Waals surface area (Å²) >= 11 is 0. The average Bonchev–Trinajstić information content (AvgIpc) is 2.84.